The summed E-state index contributed by atoms with van der Waals surface area (Å²) in [7, 11) is 1.61. The van der Waals surface area contributed by atoms with Crippen LogP contribution in [0.3, 0.4) is 0 Å². The summed E-state index contributed by atoms with van der Waals surface area (Å²) in [6.45, 7) is 3.64. The van der Waals surface area contributed by atoms with Gasteiger partial charge in [-0.3, -0.25) is 0 Å². The molecule has 1 fully saturated rings. The molecule has 22 heavy (non-hydrogen) atoms. The molecule has 3 rings (SSSR count). The Labute approximate surface area is 125 Å². The van der Waals surface area contributed by atoms with Gasteiger partial charge in [-0.2, -0.15) is 4.52 Å². The highest BCUT2D eigenvalue weighted by molar-refractivity contribution is 5.46. The number of methoxy groups -OCH3 is 1. The Morgan fingerprint density at radius 1 is 1.36 bits per heavy atom. The summed E-state index contributed by atoms with van der Waals surface area (Å²) >= 11 is 0. The molecule has 0 radical (unpaired) electrons. The number of fused-ring (bicyclic) bond motifs is 1. The van der Waals surface area contributed by atoms with Crippen LogP contribution >= 0.6 is 0 Å². The standard InChI is InChI=1S/C13H17F2N5O2/c1-8-5-19(6-9(22-8)7-21-2)11-4-3-10-16-17-13(12(14)15)20(10)18-11/h3-4,8-9,12H,5-7H2,1-2H3. The molecule has 1 saturated heterocycles. The Morgan fingerprint density at radius 2 is 2.18 bits per heavy atom. The molecule has 0 spiro atoms. The van der Waals surface area contributed by atoms with Crippen LogP contribution in [0.2, 0.25) is 0 Å². The monoisotopic (exact) mass is 313 g/mol. The van der Waals surface area contributed by atoms with Gasteiger partial charge in [0.25, 0.3) is 6.43 Å². The number of hydrogen-bond donors (Lipinski definition) is 0. The van der Waals surface area contributed by atoms with E-state index in [0.29, 0.717) is 31.2 Å². The third-order valence-electron chi connectivity index (χ3n) is 3.47. The van der Waals surface area contributed by atoms with Crippen molar-refractivity contribution in [2.75, 3.05) is 31.7 Å². The van der Waals surface area contributed by atoms with Gasteiger partial charge in [-0.15, -0.1) is 15.3 Å². The maximum atomic E-state index is 12.9. The van der Waals surface area contributed by atoms with Crippen LogP contribution in [0.1, 0.15) is 19.2 Å². The molecule has 3 heterocycles. The van der Waals surface area contributed by atoms with Crippen molar-refractivity contribution in [2.24, 2.45) is 0 Å². The van der Waals surface area contributed by atoms with E-state index in [4.69, 9.17) is 9.47 Å². The van der Waals surface area contributed by atoms with E-state index in [1.165, 1.54) is 0 Å². The summed E-state index contributed by atoms with van der Waals surface area (Å²) < 4.78 is 37.8. The third kappa shape index (κ3) is 2.86. The molecular formula is C13H17F2N5O2. The van der Waals surface area contributed by atoms with Crippen molar-refractivity contribution >= 4 is 11.5 Å². The highest BCUT2D eigenvalue weighted by Crippen LogP contribution is 2.21. The zero-order valence-electron chi connectivity index (χ0n) is 12.3. The van der Waals surface area contributed by atoms with E-state index in [2.05, 4.69) is 15.3 Å². The average Bonchev–Trinajstić information content (AvgIpc) is 2.90. The number of ether oxygens (including phenoxy) is 2. The van der Waals surface area contributed by atoms with Gasteiger partial charge in [-0.25, -0.2) is 8.78 Å². The van der Waals surface area contributed by atoms with E-state index >= 15 is 0 Å². The quantitative estimate of drug-likeness (QED) is 0.848. The van der Waals surface area contributed by atoms with Gasteiger partial charge in [0.15, 0.2) is 5.65 Å². The van der Waals surface area contributed by atoms with Gasteiger partial charge in [0.2, 0.25) is 5.82 Å². The number of alkyl halides is 2. The summed E-state index contributed by atoms with van der Waals surface area (Å²) in [6, 6.07) is 3.38. The molecule has 120 valence electrons. The van der Waals surface area contributed by atoms with Crippen molar-refractivity contribution in [2.45, 2.75) is 25.6 Å². The van der Waals surface area contributed by atoms with Crippen LogP contribution < -0.4 is 4.90 Å². The second-order valence-electron chi connectivity index (χ2n) is 5.25. The summed E-state index contributed by atoms with van der Waals surface area (Å²) in [6.07, 6.45) is -2.80. The minimum atomic E-state index is -2.72. The first-order valence-electron chi connectivity index (χ1n) is 6.98. The second kappa shape index (κ2) is 6.09. The number of hydrogen-bond acceptors (Lipinski definition) is 6. The van der Waals surface area contributed by atoms with Gasteiger partial charge >= 0.3 is 0 Å². The van der Waals surface area contributed by atoms with Gasteiger partial charge in [-0.1, -0.05) is 0 Å². The van der Waals surface area contributed by atoms with Gasteiger partial charge in [0.05, 0.1) is 18.8 Å². The molecule has 2 unspecified atom stereocenters. The summed E-state index contributed by atoms with van der Waals surface area (Å²) in [5.74, 6) is 0.136. The average molecular weight is 313 g/mol. The van der Waals surface area contributed by atoms with Crippen LogP contribution in [-0.4, -0.2) is 58.8 Å². The molecule has 0 N–H and O–H groups in total. The Balaban J connectivity index is 1.90. The Kier molecular flexibility index (Phi) is 4.16. The third-order valence-corrected chi connectivity index (χ3v) is 3.47. The van der Waals surface area contributed by atoms with Crippen LogP contribution in [0, 0.1) is 0 Å². The van der Waals surface area contributed by atoms with Gasteiger partial charge in [0.1, 0.15) is 5.82 Å². The molecule has 2 aromatic rings. The van der Waals surface area contributed by atoms with Crippen molar-refractivity contribution in [1.82, 2.24) is 19.8 Å². The Morgan fingerprint density at radius 3 is 2.91 bits per heavy atom. The predicted octanol–water partition coefficient (Wildman–Crippen LogP) is 1.30. The SMILES string of the molecule is COCC1CN(c2ccc3nnc(C(F)F)n3n2)CC(C)O1. The molecule has 0 aliphatic carbocycles. The largest absolute Gasteiger partial charge is 0.382 e. The number of anilines is 1. The molecule has 0 aromatic carbocycles. The van der Waals surface area contributed by atoms with Crippen molar-refractivity contribution in [3.8, 4) is 0 Å². The molecule has 0 saturated carbocycles. The van der Waals surface area contributed by atoms with Crippen LogP contribution in [0.4, 0.5) is 14.6 Å². The topological polar surface area (TPSA) is 64.8 Å². The van der Waals surface area contributed by atoms with Crippen LogP contribution in [0.5, 0.6) is 0 Å². The molecule has 0 bridgehead atoms. The molecular weight excluding hydrogens is 296 g/mol. The van der Waals surface area contributed by atoms with Gasteiger partial charge in [-0.05, 0) is 19.1 Å². The second-order valence-corrected chi connectivity index (χ2v) is 5.25. The van der Waals surface area contributed by atoms with Crippen LogP contribution in [0.15, 0.2) is 12.1 Å². The maximum absolute atomic E-state index is 12.9. The zero-order chi connectivity index (χ0) is 15.7. The number of aromatic nitrogens is 4. The normalized spacial score (nSPS) is 22.7. The van der Waals surface area contributed by atoms with Crippen molar-refractivity contribution in [3.05, 3.63) is 18.0 Å². The van der Waals surface area contributed by atoms with E-state index in [-0.39, 0.29) is 12.2 Å². The fourth-order valence-electron chi connectivity index (χ4n) is 2.61. The van der Waals surface area contributed by atoms with Crippen molar-refractivity contribution in [1.29, 1.82) is 0 Å². The van der Waals surface area contributed by atoms with E-state index in [1.54, 1.807) is 19.2 Å². The van der Waals surface area contributed by atoms with E-state index in [9.17, 15) is 8.78 Å². The maximum Gasteiger partial charge on any atom is 0.299 e. The first-order chi connectivity index (χ1) is 10.6. The first-order valence-corrected chi connectivity index (χ1v) is 6.98. The van der Waals surface area contributed by atoms with Crippen molar-refractivity contribution < 1.29 is 18.3 Å². The van der Waals surface area contributed by atoms with Crippen LogP contribution in [0.25, 0.3) is 5.65 Å². The molecule has 2 atom stereocenters. The fraction of sp³-hybridized carbons (Fsp3) is 0.615. The summed E-state index contributed by atoms with van der Waals surface area (Å²) in [5, 5.41) is 11.4. The lowest BCUT2D eigenvalue weighted by molar-refractivity contribution is -0.0513. The molecule has 7 nitrogen and oxygen atoms in total. The number of rotatable bonds is 4. The van der Waals surface area contributed by atoms with E-state index in [1.807, 2.05) is 11.8 Å². The highest BCUT2D eigenvalue weighted by Gasteiger charge is 2.27. The molecule has 1 aliphatic rings. The van der Waals surface area contributed by atoms with E-state index in [0.717, 1.165) is 4.52 Å². The molecule has 2 aromatic heterocycles. The molecule has 1 aliphatic heterocycles. The Hall–Kier alpha value is -1.87. The van der Waals surface area contributed by atoms with Crippen molar-refractivity contribution in [3.63, 3.8) is 0 Å². The van der Waals surface area contributed by atoms with Crippen LogP contribution in [-0.2, 0) is 9.47 Å². The summed E-state index contributed by atoms with van der Waals surface area (Å²) in [5.41, 5.74) is 0.300. The minimum Gasteiger partial charge on any atom is -0.382 e. The van der Waals surface area contributed by atoms with E-state index < -0.39 is 12.2 Å². The smallest absolute Gasteiger partial charge is 0.299 e. The highest BCUT2D eigenvalue weighted by atomic mass is 19.3. The number of halogens is 2. The Bertz CT molecular complexity index is 650. The minimum absolute atomic E-state index is 0.00174. The first kappa shape index (κ1) is 15.0. The lowest BCUT2D eigenvalue weighted by Crippen LogP contribution is -2.48. The van der Waals surface area contributed by atoms with Gasteiger partial charge < -0.3 is 14.4 Å². The predicted molar refractivity (Wildman–Crippen MR) is 74.2 cm³/mol. The summed E-state index contributed by atoms with van der Waals surface area (Å²) in [4.78, 5) is 1.99. The molecule has 9 heteroatoms. The fourth-order valence-corrected chi connectivity index (χ4v) is 2.61. The number of morpholine rings is 1. The van der Waals surface area contributed by atoms with Gasteiger partial charge in [0, 0.05) is 20.2 Å². The zero-order valence-corrected chi connectivity index (χ0v) is 12.3. The lowest BCUT2D eigenvalue weighted by Gasteiger charge is -2.37. The number of nitrogens with zero attached hydrogens (tertiary/aromatic N) is 5. The molecule has 0 amide bonds. The lowest BCUT2D eigenvalue weighted by atomic mass is 10.2.